The number of hydrogen-bond acceptors (Lipinski definition) is 8. The van der Waals surface area contributed by atoms with Gasteiger partial charge in [0.15, 0.2) is 17.0 Å². The molecule has 2 aromatic carbocycles. The highest BCUT2D eigenvalue weighted by atomic mass is 32.2. The number of likely N-dealkylation sites (N-methyl/N-ethyl adjacent to an activating group) is 2. The summed E-state index contributed by atoms with van der Waals surface area (Å²) in [4.78, 5) is 34.1. The number of fused-ring (bicyclic) bond motifs is 3. The zero-order valence-electron chi connectivity index (χ0n) is 21.8. The molecule has 3 aromatic rings. The highest BCUT2D eigenvalue weighted by molar-refractivity contribution is 8.25. The van der Waals surface area contributed by atoms with E-state index in [0.717, 1.165) is 5.56 Å². The fourth-order valence-electron chi connectivity index (χ4n) is 6.43. The zero-order valence-corrected chi connectivity index (χ0v) is 23.4. The normalized spacial score (nSPS) is 26.4. The first-order valence-electron chi connectivity index (χ1n) is 12.3. The van der Waals surface area contributed by atoms with E-state index in [1.807, 2.05) is 17.0 Å². The topological polar surface area (TPSA) is 75.5 Å². The first kappa shape index (κ1) is 25.8. The van der Waals surface area contributed by atoms with Crippen LogP contribution in [-0.2, 0) is 21.7 Å². The molecular weight excluding hydrogens is 541 g/mol. The van der Waals surface area contributed by atoms with E-state index in [1.54, 1.807) is 52.6 Å². The minimum absolute atomic E-state index is 0.123. The Bertz CT molecular complexity index is 1510. The molecule has 2 amide bonds. The van der Waals surface area contributed by atoms with Gasteiger partial charge in [-0.15, -0.1) is 0 Å². The molecule has 202 valence electrons. The van der Waals surface area contributed by atoms with E-state index < -0.39 is 22.0 Å². The Labute approximate surface area is 234 Å². The van der Waals surface area contributed by atoms with Crippen molar-refractivity contribution in [2.45, 2.75) is 22.7 Å². The zero-order chi connectivity index (χ0) is 27.7. The Morgan fingerprint density at radius 3 is 2.54 bits per heavy atom. The Morgan fingerprint density at radius 2 is 1.85 bits per heavy atom. The average molecular weight is 568 g/mol. The molecule has 3 atom stereocenters. The number of furan rings is 1. The Balaban J connectivity index is 1.61. The summed E-state index contributed by atoms with van der Waals surface area (Å²) in [5.41, 5.74) is 0.273. The van der Waals surface area contributed by atoms with E-state index in [4.69, 9.17) is 26.1 Å². The standard InChI is InChI=1S/C28H26FN3O5S2/c1-30-15-20(16-7-10-22(35-3)23(12-16)36-4)28(25(34)32(26(38)39-28)14-18-6-5-11-37-18)27(30)19-13-17(29)8-9-21(19)31(2)24(27)33/h5-13,20H,14-15H2,1-4H3/t20-,27-,28+/m1/s1. The van der Waals surface area contributed by atoms with Gasteiger partial charge in [0.1, 0.15) is 20.6 Å². The molecule has 1 aromatic heterocycles. The van der Waals surface area contributed by atoms with Crippen LogP contribution in [0.4, 0.5) is 10.1 Å². The largest absolute Gasteiger partial charge is 0.493 e. The van der Waals surface area contributed by atoms with Gasteiger partial charge in [-0.25, -0.2) is 4.39 Å². The van der Waals surface area contributed by atoms with Crippen LogP contribution in [-0.4, -0.2) is 65.5 Å². The molecule has 3 aliphatic rings. The van der Waals surface area contributed by atoms with Gasteiger partial charge in [-0.1, -0.05) is 30.0 Å². The van der Waals surface area contributed by atoms with Crippen LogP contribution in [0.3, 0.4) is 0 Å². The maximum atomic E-state index is 14.8. The number of carbonyl (C=O) groups excluding carboxylic acids is 2. The van der Waals surface area contributed by atoms with Gasteiger partial charge >= 0.3 is 0 Å². The Hall–Kier alpha value is -3.41. The lowest BCUT2D eigenvalue weighted by molar-refractivity contribution is -0.139. The summed E-state index contributed by atoms with van der Waals surface area (Å²) in [6.07, 6.45) is 1.54. The van der Waals surface area contributed by atoms with Gasteiger partial charge in [-0.05, 0) is 55.1 Å². The fraction of sp³-hybridized carbons (Fsp3) is 0.321. The van der Waals surface area contributed by atoms with Crippen molar-refractivity contribution in [1.82, 2.24) is 9.80 Å². The summed E-state index contributed by atoms with van der Waals surface area (Å²) < 4.78 is 30.3. The Kier molecular flexibility index (Phi) is 6.01. The summed E-state index contributed by atoms with van der Waals surface area (Å²) in [5, 5.41) is 0. The maximum absolute atomic E-state index is 14.8. The van der Waals surface area contributed by atoms with Crippen molar-refractivity contribution in [2.24, 2.45) is 0 Å². The third-order valence-corrected chi connectivity index (χ3v) is 10.1. The number of thiocarbonyl (C=S) groups is 1. The molecule has 0 saturated carbocycles. The van der Waals surface area contributed by atoms with Crippen LogP contribution in [0.25, 0.3) is 0 Å². The van der Waals surface area contributed by atoms with Crippen molar-refractivity contribution < 1.29 is 27.9 Å². The number of rotatable bonds is 5. The molecule has 0 N–H and O–H groups in total. The predicted octanol–water partition coefficient (Wildman–Crippen LogP) is 4.14. The van der Waals surface area contributed by atoms with E-state index in [2.05, 4.69) is 0 Å². The van der Waals surface area contributed by atoms with Crippen molar-refractivity contribution in [3.05, 3.63) is 77.5 Å². The molecule has 3 aliphatic heterocycles. The molecule has 0 radical (unpaired) electrons. The second-order valence-electron chi connectivity index (χ2n) is 9.86. The highest BCUT2D eigenvalue weighted by Crippen LogP contribution is 2.67. The number of hydrogen-bond donors (Lipinski definition) is 0. The van der Waals surface area contributed by atoms with Crippen molar-refractivity contribution in [3.63, 3.8) is 0 Å². The van der Waals surface area contributed by atoms with Gasteiger partial charge in [0.2, 0.25) is 5.91 Å². The number of halogens is 1. The third kappa shape index (κ3) is 3.30. The smallest absolute Gasteiger partial charge is 0.254 e. The quantitative estimate of drug-likeness (QED) is 0.426. The lowest BCUT2D eigenvalue weighted by atomic mass is 9.72. The summed E-state index contributed by atoms with van der Waals surface area (Å²) in [6, 6.07) is 13.3. The van der Waals surface area contributed by atoms with Gasteiger partial charge in [-0.3, -0.25) is 19.4 Å². The Morgan fingerprint density at radius 1 is 1.08 bits per heavy atom. The van der Waals surface area contributed by atoms with Gasteiger partial charge < -0.3 is 18.8 Å². The van der Waals surface area contributed by atoms with Gasteiger partial charge in [0.25, 0.3) is 5.91 Å². The van der Waals surface area contributed by atoms with Crippen LogP contribution < -0.4 is 14.4 Å². The summed E-state index contributed by atoms with van der Waals surface area (Å²) in [5.74, 6) is -0.0196. The van der Waals surface area contributed by atoms with E-state index in [1.165, 1.54) is 40.0 Å². The molecule has 0 unspecified atom stereocenters. The van der Waals surface area contributed by atoms with Crippen LogP contribution >= 0.6 is 24.0 Å². The maximum Gasteiger partial charge on any atom is 0.254 e. The van der Waals surface area contributed by atoms with E-state index >= 15 is 0 Å². The second-order valence-corrected chi connectivity index (χ2v) is 11.7. The number of benzene rings is 2. The van der Waals surface area contributed by atoms with Crippen LogP contribution in [0.1, 0.15) is 22.8 Å². The predicted molar refractivity (Wildman–Crippen MR) is 149 cm³/mol. The van der Waals surface area contributed by atoms with Crippen molar-refractivity contribution in [2.75, 3.05) is 39.8 Å². The van der Waals surface area contributed by atoms with Crippen LogP contribution in [0, 0.1) is 5.82 Å². The highest BCUT2D eigenvalue weighted by Gasteiger charge is 2.78. The molecule has 2 spiro atoms. The lowest BCUT2D eigenvalue weighted by Crippen LogP contribution is -2.62. The lowest BCUT2D eigenvalue weighted by Gasteiger charge is -2.42. The number of likely N-dealkylation sites (tertiary alicyclic amines) is 1. The first-order chi connectivity index (χ1) is 18.7. The van der Waals surface area contributed by atoms with E-state index in [-0.39, 0.29) is 18.4 Å². The minimum atomic E-state index is -1.51. The van der Waals surface area contributed by atoms with Gasteiger partial charge in [-0.2, -0.15) is 0 Å². The molecule has 0 aliphatic carbocycles. The molecule has 39 heavy (non-hydrogen) atoms. The summed E-state index contributed by atoms with van der Waals surface area (Å²) >= 11 is 7.00. The second kappa shape index (κ2) is 9.07. The van der Waals surface area contributed by atoms with Crippen molar-refractivity contribution in [3.8, 4) is 11.5 Å². The van der Waals surface area contributed by atoms with Crippen LogP contribution in [0.15, 0.2) is 59.2 Å². The summed E-state index contributed by atoms with van der Waals surface area (Å²) in [7, 11) is 6.56. The molecular formula is C28H26FN3O5S2. The van der Waals surface area contributed by atoms with Crippen LogP contribution in [0.5, 0.6) is 11.5 Å². The third-order valence-electron chi connectivity index (χ3n) is 8.12. The van der Waals surface area contributed by atoms with E-state index in [0.29, 0.717) is 39.4 Å². The molecule has 0 bridgehead atoms. The number of carbonyl (C=O) groups is 2. The number of nitrogens with zero attached hydrogens (tertiary/aromatic N) is 3. The van der Waals surface area contributed by atoms with E-state index in [9.17, 15) is 14.0 Å². The van der Waals surface area contributed by atoms with Gasteiger partial charge in [0, 0.05) is 30.8 Å². The molecule has 2 saturated heterocycles. The van der Waals surface area contributed by atoms with Gasteiger partial charge in [0.05, 0.1) is 27.0 Å². The first-order valence-corrected chi connectivity index (χ1v) is 13.5. The van der Waals surface area contributed by atoms with Crippen molar-refractivity contribution in [1.29, 1.82) is 0 Å². The monoisotopic (exact) mass is 567 g/mol. The molecule has 11 heteroatoms. The fourth-order valence-corrected chi connectivity index (χ4v) is 8.56. The molecule has 8 nitrogen and oxygen atoms in total. The van der Waals surface area contributed by atoms with Crippen LogP contribution in [0.2, 0.25) is 0 Å². The molecule has 6 rings (SSSR count). The summed E-state index contributed by atoms with van der Waals surface area (Å²) in [6.45, 7) is 0.457. The number of methoxy groups -OCH3 is 2. The SMILES string of the molecule is COc1ccc([C@H]2CN(C)[C@]3(C(=O)N(C)c4ccc(F)cc43)[C@]23SC(=S)N(Cc2ccco2)C3=O)cc1OC. The number of anilines is 1. The number of amides is 2. The number of thioether (sulfide) groups is 1. The molecule has 2 fully saturated rings. The average Bonchev–Trinajstić information content (AvgIpc) is 3.65. The molecule has 4 heterocycles. The number of ether oxygens (including phenoxy) is 2. The minimum Gasteiger partial charge on any atom is -0.493 e. The van der Waals surface area contributed by atoms with Crippen molar-refractivity contribution >= 4 is 45.8 Å².